The van der Waals surface area contributed by atoms with Crippen molar-refractivity contribution in [3.8, 4) is 6.07 Å². The van der Waals surface area contributed by atoms with Crippen LogP contribution in [0.1, 0.15) is 71.6 Å². The number of aliphatic hydroxyl groups is 1. The van der Waals surface area contributed by atoms with E-state index < -0.39 is 0 Å². The Morgan fingerprint density at radius 1 is 0.909 bits per heavy atom. The van der Waals surface area contributed by atoms with E-state index in [1.807, 2.05) is 0 Å². The highest BCUT2D eigenvalue weighted by Gasteiger charge is 2.60. The smallest absolute Gasteiger partial charge is 0.0661 e. The zero-order valence-corrected chi connectivity index (χ0v) is 14.2. The molecule has 0 aliphatic heterocycles. The SMILES string of the molecule is C[C@]12CC[C@H](O)C[C@@H]1CC[C@@H]1[C@@H]2CC[C@]2(C)[C@@H](C#N)CC[C@@H]12. The van der Waals surface area contributed by atoms with Gasteiger partial charge in [-0.1, -0.05) is 13.8 Å². The molecule has 4 fully saturated rings. The van der Waals surface area contributed by atoms with Crippen LogP contribution in [-0.2, 0) is 0 Å². The average Bonchev–Trinajstić information content (AvgIpc) is 2.84. The van der Waals surface area contributed by atoms with Crippen LogP contribution in [0.5, 0.6) is 0 Å². The summed E-state index contributed by atoms with van der Waals surface area (Å²) in [5.41, 5.74) is 0.765. The van der Waals surface area contributed by atoms with Crippen LogP contribution in [0.4, 0.5) is 0 Å². The summed E-state index contributed by atoms with van der Waals surface area (Å²) in [4.78, 5) is 0. The molecule has 2 nitrogen and oxygen atoms in total. The summed E-state index contributed by atoms with van der Waals surface area (Å²) in [5, 5.41) is 19.6. The number of nitriles is 1. The highest BCUT2D eigenvalue weighted by molar-refractivity contribution is 5.12. The maximum atomic E-state index is 10.1. The molecule has 4 saturated carbocycles. The quantitative estimate of drug-likeness (QED) is 0.714. The van der Waals surface area contributed by atoms with Crippen molar-refractivity contribution in [2.45, 2.75) is 77.7 Å². The molecule has 0 saturated heterocycles. The summed E-state index contributed by atoms with van der Waals surface area (Å²) < 4.78 is 0. The Labute approximate surface area is 135 Å². The fourth-order valence-corrected chi connectivity index (χ4v) is 7.45. The van der Waals surface area contributed by atoms with Gasteiger partial charge in [0.25, 0.3) is 0 Å². The lowest BCUT2D eigenvalue weighted by Gasteiger charge is -2.60. The van der Waals surface area contributed by atoms with Gasteiger partial charge in [-0.2, -0.15) is 5.26 Å². The summed E-state index contributed by atoms with van der Waals surface area (Å²) >= 11 is 0. The van der Waals surface area contributed by atoms with Crippen molar-refractivity contribution in [2.75, 3.05) is 0 Å². The maximum absolute atomic E-state index is 10.1. The maximum Gasteiger partial charge on any atom is 0.0661 e. The highest BCUT2D eigenvalue weighted by atomic mass is 16.3. The van der Waals surface area contributed by atoms with E-state index in [9.17, 15) is 10.4 Å². The second kappa shape index (κ2) is 4.97. The van der Waals surface area contributed by atoms with Crippen molar-refractivity contribution in [1.29, 1.82) is 5.26 Å². The van der Waals surface area contributed by atoms with Crippen molar-refractivity contribution in [1.82, 2.24) is 0 Å². The predicted molar refractivity (Wildman–Crippen MR) is 86.8 cm³/mol. The molecule has 0 heterocycles. The van der Waals surface area contributed by atoms with E-state index in [2.05, 4.69) is 19.9 Å². The summed E-state index contributed by atoms with van der Waals surface area (Å²) in [5.74, 6) is 3.55. The van der Waals surface area contributed by atoms with Gasteiger partial charge < -0.3 is 5.11 Å². The lowest BCUT2D eigenvalue weighted by Crippen LogP contribution is -2.53. The molecule has 0 aromatic carbocycles. The molecule has 4 aliphatic carbocycles. The first-order valence-corrected chi connectivity index (χ1v) is 9.56. The second-order valence-electron chi connectivity index (χ2n) is 9.39. The Morgan fingerprint density at radius 2 is 1.64 bits per heavy atom. The van der Waals surface area contributed by atoms with Crippen LogP contribution in [0.2, 0.25) is 0 Å². The van der Waals surface area contributed by atoms with Gasteiger partial charge in [0, 0.05) is 0 Å². The molecule has 0 radical (unpaired) electrons. The molecular weight excluding hydrogens is 270 g/mol. The number of rotatable bonds is 0. The molecule has 1 N–H and O–H groups in total. The first kappa shape index (κ1) is 15.0. The molecule has 0 amide bonds. The van der Waals surface area contributed by atoms with Gasteiger partial charge in [-0.25, -0.2) is 0 Å². The predicted octanol–water partition coefficient (Wildman–Crippen LogP) is 4.53. The lowest BCUT2D eigenvalue weighted by atomic mass is 9.45. The minimum Gasteiger partial charge on any atom is -0.393 e. The summed E-state index contributed by atoms with van der Waals surface area (Å²) in [7, 11) is 0. The van der Waals surface area contributed by atoms with Crippen LogP contribution in [0.15, 0.2) is 0 Å². The van der Waals surface area contributed by atoms with Gasteiger partial charge >= 0.3 is 0 Å². The summed E-state index contributed by atoms with van der Waals surface area (Å²) in [6, 6.07) is 2.64. The second-order valence-corrected chi connectivity index (χ2v) is 9.39. The van der Waals surface area contributed by atoms with E-state index >= 15 is 0 Å². The summed E-state index contributed by atoms with van der Waals surface area (Å²) in [6.45, 7) is 4.97. The van der Waals surface area contributed by atoms with Crippen LogP contribution in [0, 0.1) is 51.8 Å². The standard InChI is InChI=1S/C20H31NO/c1-19-9-7-15(22)11-13(19)3-5-16-17-6-4-14(12-21)20(17,2)10-8-18(16)19/h13-18,22H,3-11H2,1-2H3/t13-,14+,15-,16-,17-,18-,19-,20+/m0/s1. The van der Waals surface area contributed by atoms with Crippen molar-refractivity contribution < 1.29 is 5.11 Å². The van der Waals surface area contributed by atoms with Crippen LogP contribution in [0.25, 0.3) is 0 Å². The molecule has 0 spiro atoms. The fraction of sp³-hybridized carbons (Fsp3) is 0.950. The first-order chi connectivity index (χ1) is 10.5. The van der Waals surface area contributed by atoms with Gasteiger partial charge in [0.05, 0.1) is 18.1 Å². The minimum atomic E-state index is -0.0436. The molecule has 0 bridgehead atoms. The number of hydrogen-bond acceptors (Lipinski definition) is 2. The zero-order valence-electron chi connectivity index (χ0n) is 14.2. The normalized spacial score (nSPS) is 57.4. The molecule has 4 rings (SSSR count). The molecule has 4 aliphatic rings. The Morgan fingerprint density at radius 3 is 2.41 bits per heavy atom. The Balaban J connectivity index is 1.62. The van der Waals surface area contributed by atoms with E-state index in [4.69, 9.17) is 0 Å². The van der Waals surface area contributed by atoms with Crippen molar-refractivity contribution in [3.05, 3.63) is 0 Å². The topological polar surface area (TPSA) is 44.0 Å². The fourth-order valence-electron chi connectivity index (χ4n) is 7.45. The Hall–Kier alpha value is -0.550. The summed E-state index contributed by atoms with van der Waals surface area (Å²) in [6.07, 6.45) is 10.9. The van der Waals surface area contributed by atoms with Gasteiger partial charge in [-0.15, -0.1) is 0 Å². The van der Waals surface area contributed by atoms with E-state index in [0.29, 0.717) is 16.7 Å². The van der Waals surface area contributed by atoms with Crippen molar-refractivity contribution in [3.63, 3.8) is 0 Å². The van der Waals surface area contributed by atoms with Gasteiger partial charge in [0.15, 0.2) is 0 Å². The average molecular weight is 301 g/mol. The first-order valence-electron chi connectivity index (χ1n) is 9.56. The van der Waals surface area contributed by atoms with E-state index in [-0.39, 0.29) is 6.10 Å². The zero-order chi connectivity index (χ0) is 15.5. The molecule has 0 aromatic heterocycles. The van der Waals surface area contributed by atoms with E-state index in [1.165, 1.54) is 38.5 Å². The lowest BCUT2D eigenvalue weighted by molar-refractivity contribution is -0.124. The van der Waals surface area contributed by atoms with Crippen LogP contribution >= 0.6 is 0 Å². The highest BCUT2D eigenvalue weighted by Crippen LogP contribution is 2.67. The molecule has 2 heteroatoms. The van der Waals surface area contributed by atoms with Gasteiger partial charge in [-0.3, -0.25) is 0 Å². The number of aliphatic hydroxyl groups excluding tert-OH is 1. The Bertz CT molecular complexity index is 496. The third kappa shape index (κ3) is 1.87. The number of hydrogen-bond donors (Lipinski definition) is 1. The van der Waals surface area contributed by atoms with Crippen molar-refractivity contribution in [2.24, 2.45) is 40.4 Å². The van der Waals surface area contributed by atoms with Crippen LogP contribution in [0.3, 0.4) is 0 Å². The third-order valence-corrected chi connectivity index (χ3v) is 8.79. The van der Waals surface area contributed by atoms with Gasteiger partial charge in [0.1, 0.15) is 0 Å². The van der Waals surface area contributed by atoms with Crippen LogP contribution in [-0.4, -0.2) is 11.2 Å². The van der Waals surface area contributed by atoms with Gasteiger partial charge in [-0.05, 0) is 92.3 Å². The number of fused-ring (bicyclic) bond motifs is 5. The number of nitrogens with zero attached hydrogens (tertiary/aromatic N) is 1. The minimum absolute atomic E-state index is 0.0436. The van der Waals surface area contributed by atoms with E-state index in [0.717, 1.165) is 42.9 Å². The molecular formula is C20H31NO. The molecule has 122 valence electrons. The van der Waals surface area contributed by atoms with Gasteiger partial charge in [0.2, 0.25) is 0 Å². The largest absolute Gasteiger partial charge is 0.393 e. The molecule has 8 atom stereocenters. The Kier molecular flexibility index (Phi) is 3.39. The molecule has 22 heavy (non-hydrogen) atoms. The monoisotopic (exact) mass is 301 g/mol. The third-order valence-electron chi connectivity index (χ3n) is 8.79. The van der Waals surface area contributed by atoms with E-state index in [1.54, 1.807) is 0 Å². The van der Waals surface area contributed by atoms with Crippen molar-refractivity contribution >= 4 is 0 Å². The van der Waals surface area contributed by atoms with Crippen LogP contribution < -0.4 is 0 Å². The molecule has 0 unspecified atom stereocenters. The molecule has 0 aromatic rings.